The maximum absolute atomic E-state index is 12.5. The number of carbonyl (C=O) groups excluding carboxylic acids is 1. The third kappa shape index (κ3) is 1.75. The van der Waals surface area contributed by atoms with Crippen LogP contribution in [-0.2, 0) is 10.3 Å². The predicted molar refractivity (Wildman–Crippen MR) is 62.2 cm³/mol. The normalized spacial score (nSPS) is 44.4. The van der Waals surface area contributed by atoms with E-state index in [0.717, 1.165) is 0 Å². The SMILES string of the molecule is [2H]c1c([2H])c([2H])c(C2(N)C(=O)C([2H])(O)CCC2([2H])[2H])c(Cl)c1[2H]. The summed E-state index contributed by atoms with van der Waals surface area (Å²) in [5.41, 5.74) is 2.61. The molecular weight excluding hydrogens is 226 g/mol. The summed E-state index contributed by atoms with van der Waals surface area (Å²) in [7, 11) is 0. The van der Waals surface area contributed by atoms with Crippen LogP contribution in [0.1, 0.15) is 34.4 Å². The molecule has 1 aromatic carbocycles. The lowest BCUT2D eigenvalue weighted by Crippen LogP contribution is -2.52. The van der Waals surface area contributed by atoms with Crippen molar-refractivity contribution < 1.29 is 19.5 Å². The Kier molecular flexibility index (Phi) is 1.46. The first-order chi connectivity index (χ1) is 10.3. The second kappa shape index (κ2) is 4.17. The number of benzene rings is 1. The molecule has 3 nitrogen and oxygen atoms in total. The summed E-state index contributed by atoms with van der Waals surface area (Å²) in [4.78, 5) is 12.5. The molecule has 16 heavy (non-hydrogen) atoms. The molecule has 1 aliphatic carbocycles. The van der Waals surface area contributed by atoms with Gasteiger partial charge >= 0.3 is 0 Å². The van der Waals surface area contributed by atoms with Gasteiger partial charge in [-0.25, -0.2) is 0 Å². The summed E-state index contributed by atoms with van der Waals surface area (Å²) >= 11 is 5.93. The molecule has 3 N–H and O–H groups in total. The Morgan fingerprint density at radius 1 is 1.69 bits per heavy atom. The summed E-state index contributed by atoms with van der Waals surface area (Å²) in [6.45, 7) is 0. The van der Waals surface area contributed by atoms with E-state index in [2.05, 4.69) is 0 Å². The van der Waals surface area contributed by atoms with Crippen LogP contribution in [0.25, 0.3) is 0 Å². The topological polar surface area (TPSA) is 63.3 Å². The molecule has 2 unspecified atom stereocenters. The Bertz CT molecular complexity index is 680. The van der Waals surface area contributed by atoms with Crippen molar-refractivity contribution in [1.82, 2.24) is 0 Å². The second-order valence-corrected chi connectivity index (χ2v) is 3.83. The quantitative estimate of drug-likeness (QED) is 0.791. The minimum atomic E-state index is -2.67. The van der Waals surface area contributed by atoms with Crippen LogP contribution in [0.4, 0.5) is 0 Å². The van der Waals surface area contributed by atoms with Gasteiger partial charge in [-0.05, 0) is 30.8 Å². The molecule has 0 spiro atoms. The second-order valence-electron chi connectivity index (χ2n) is 3.45. The maximum Gasteiger partial charge on any atom is 0.185 e. The number of halogens is 1. The number of Topliss-reactive ketones (excluding diaryl/α,β-unsaturated/α-hetero) is 1. The van der Waals surface area contributed by atoms with Gasteiger partial charge < -0.3 is 10.8 Å². The summed E-state index contributed by atoms with van der Waals surface area (Å²) in [5.74, 6) is -1.40. The molecule has 0 amide bonds. The molecule has 2 atom stereocenters. The number of rotatable bonds is 1. The summed E-state index contributed by atoms with van der Waals surface area (Å²) < 4.78 is 54.5. The largest absolute Gasteiger partial charge is 0.385 e. The fraction of sp³-hybridized carbons (Fsp3) is 0.417. The van der Waals surface area contributed by atoms with Crippen LogP contribution < -0.4 is 5.73 Å². The van der Waals surface area contributed by atoms with E-state index in [4.69, 9.17) is 26.9 Å². The van der Waals surface area contributed by atoms with Crippen LogP contribution in [0, 0.1) is 0 Å². The standard InChI is InChI=1S/C12H14ClNO2/c13-9-5-2-1-4-8(9)12(14)7-3-6-10(15)11(12)16/h1-2,4-5,10,15H,3,6-7,14H2/i1D,2D,4D,5D,7D2,10D. The minimum Gasteiger partial charge on any atom is -0.385 e. The number of hydrogen-bond donors (Lipinski definition) is 2. The molecule has 0 heterocycles. The number of nitrogens with two attached hydrogens (primary N) is 1. The molecule has 0 radical (unpaired) electrons. The molecule has 1 aliphatic rings. The van der Waals surface area contributed by atoms with E-state index in [1.54, 1.807) is 0 Å². The van der Waals surface area contributed by atoms with Crippen molar-refractivity contribution >= 4 is 17.4 Å². The van der Waals surface area contributed by atoms with Crippen molar-refractivity contribution in [2.75, 3.05) is 0 Å². The third-order valence-electron chi connectivity index (χ3n) is 2.42. The van der Waals surface area contributed by atoms with Gasteiger partial charge in [0.1, 0.15) is 11.6 Å². The summed E-state index contributed by atoms with van der Waals surface area (Å²) in [6.07, 6.45) is -6.06. The molecule has 1 fully saturated rings. The zero-order chi connectivity index (χ0) is 18.0. The zero-order valence-electron chi connectivity index (χ0n) is 15.2. The number of hydrogen-bond acceptors (Lipinski definition) is 3. The van der Waals surface area contributed by atoms with Gasteiger partial charge in [-0.3, -0.25) is 4.79 Å². The molecular formula is C12H14ClNO2. The van der Waals surface area contributed by atoms with Crippen molar-refractivity contribution in [3.8, 4) is 0 Å². The highest BCUT2D eigenvalue weighted by atomic mass is 35.5. The van der Waals surface area contributed by atoms with Crippen molar-refractivity contribution in [2.24, 2.45) is 5.73 Å². The number of aliphatic hydroxyl groups is 1. The van der Waals surface area contributed by atoms with Crippen molar-refractivity contribution in [1.29, 1.82) is 0 Å². The van der Waals surface area contributed by atoms with E-state index < -0.39 is 71.4 Å². The lowest BCUT2D eigenvalue weighted by molar-refractivity contribution is -0.136. The Morgan fingerprint density at radius 2 is 2.38 bits per heavy atom. The smallest absolute Gasteiger partial charge is 0.185 e. The van der Waals surface area contributed by atoms with E-state index in [9.17, 15) is 9.90 Å². The lowest BCUT2D eigenvalue weighted by atomic mass is 9.75. The minimum absolute atomic E-state index is 0.450. The number of carbonyl (C=O) groups is 1. The summed E-state index contributed by atoms with van der Waals surface area (Å²) in [5, 5.41) is 9.28. The van der Waals surface area contributed by atoms with Gasteiger partial charge in [-0.15, -0.1) is 0 Å². The first kappa shape index (κ1) is 5.63. The van der Waals surface area contributed by atoms with Crippen molar-refractivity contribution in [3.63, 3.8) is 0 Å². The van der Waals surface area contributed by atoms with Crippen LogP contribution in [0.15, 0.2) is 24.2 Å². The highest BCUT2D eigenvalue weighted by Gasteiger charge is 2.43. The monoisotopic (exact) mass is 246 g/mol. The van der Waals surface area contributed by atoms with Gasteiger partial charge in [-0.2, -0.15) is 0 Å². The number of ketones is 1. The average Bonchev–Trinajstić information content (AvgIpc) is 2.47. The fourth-order valence-corrected chi connectivity index (χ4v) is 1.81. The fourth-order valence-electron chi connectivity index (χ4n) is 1.57. The van der Waals surface area contributed by atoms with Gasteiger partial charge in [-0.1, -0.05) is 29.7 Å². The Balaban J connectivity index is 2.89. The molecule has 86 valence electrons. The highest BCUT2D eigenvalue weighted by molar-refractivity contribution is 6.31. The molecule has 0 saturated heterocycles. The molecule has 4 heteroatoms. The molecule has 0 bridgehead atoms. The van der Waals surface area contributed by atoms with E-state index in [1.807, 2.05) is 0 Å². The summed E-state index contributed by atoms with van der Waals surface area (Å²) in [6, 6.07) is -2.83. The van der Waals surface area contributed by atoms with Crippen molar-refractivity contribution in [3.05, 3.63) is 34.8 Å². The lowest BCUT2D eigenvalue weighted by Gasteiger charge is -2.35. The van der Waals surface area contributed by atoms with Crippen LogP contribution in [0.3, 0.4) is 0 Å². The van der Waals surface area contributed by atoms with E-state index in [0.29, 0.717) is 0 Å². The van der Waals surface area contributed by atoms with Crippen LogP contribution in [0.5, 0.6) is 0 Å². The first-order valence-electron chi connectivity index (χ1n) is 8.11. The van der Waals surface area contributed by atoms with Gasteiger partial charge in [0.25, 0.3) is 0 Å². The third-order valence-corrected chi connectivity index (χ3v) is 2.71. The van der Waals surface area contributed by atoms with E-state index in [-0.39, 0.29) is 0 Å². The molecule has 2 rings (SSSR count). The Hall–Kier alpha value is -0.900. The average molecular weight is 247 g/mol. The van der Waals surface area contributed by atoms with E-state index >= 15 is 0 Å². The van der Waals surface area contributed by atoms with Crippen LogP contribution >= 0.6 is 11.6 Å². The van der Waals surface area contributed by atoms with Crippen LogP contribution in [-0.4, -0.2) is 17.0 Å². The van der Waals surface area contributed by atoms with Gasteiger partial charge in [0.2, 0.25) is 0 Å². The molecule has 1 aromatic rings. The Morgan fingerprint density at radius 3 is 3.12 bits per heavy atom. The first-order valence-corrected chi connectivity index (χ1v) is 4.99. The van der Waals surface area contributed by atoms with Gasteiger partial charge in [0, 0.05) is 7.76 Å². The maximum atomic E-state index is 12.5. The van der Waals surface area contributed by atoms with Gasteiger partial charge in [0.05, 0.1) is 6.85 Å². The van der Waals surface area contributed by atoms with Crippen molar-refractivity contribution in [2.45, 2.75) is 30.8 Å². The molecule has 0 aromatic heterocycles. The highest BCUT2D eigenvalue weighted by Crippen LogP contribution is 2.35. The molecule has 0 aliphatic heterocycles. The Labute approximate surface area is 109 Å². The molecule has 1 saturated carbocycles. The predicted octanol–water partition coefficient (Wildman–Crippen LogP) is 1.61. The van der Waals surface area contributed by atoms with Gasteiger partial charge in [0.15, 0.2) is 5.78 Å². The van der Waals surface area contributed by atoms with E-state index in [1.165, 1.54) is 0 Å². The van der Waals surface area contributed by atoms with Crippen LogP contribution in [0.2, 0.25) is 5.02 Å². The zero-order valence-corrected chi connectivity index (χ0v) is 8.98.